The van der Waals surface area contributed by atoms with Gasteiger partial charge in [0, 0.05) is 6.07 Å². The second-order valence-electron chi connectivity index (χ2n) is 2.47. The van der Waals surface area contributed by atoms with Crippen LogP contribution in [0.25, 0.3) is 10.2 Å². The van der Waals surface area contributed by atoms with Crippen LogP contribution >= 0.6 is 22.9 Å². The van der Waals surface area contributed by atoms with Gasteiger partial charge in [0.15, 0.2) is 9.98 Å². The number of aromatic nitrogens is 1. The number of halogens is 2. The Bertz CT molecular complexity index is 528. The lowest BCUT2D eigenvalue weighted by Gasteiger charge is -1.92. The molecule has 1 aromatic heterocycles. The number of thiazole rings is 1. The van der Waals surface area contributed by atoms with Crippen LogP contribution in [0.4, 0.5) is 10.1 Å². The summed E-state index contributed by atoms with van der Waals surface area (Å²) in [6.45, 7) is 0. The van der Waals surface area contributed by atoms with Crippen LogP contribution in [-0.4, -0.2) is 9.91 Å². The molecule has 0 radical (unpaired) electrons. The van der Waals surface area contributed by atoms with Crippen molar-refractivity contribution in [3.8, 4) is 0 Å². The second-order valence-corrected chi connectivity index (χ2v) is 4.05. The van der Waals surface area contributed by atoms with Crippen LogP contribution in [0.3, 0.4) is 0 Å². The normalized spacial score (nSPS) is 10.7. The van der Waals surface area contributed by atoms with Crippen LogP contribution in [-0.2, 0) is 0 Å². The van der Waals surface area contributed by atoms with Crippen molar-refractivity contribution in [1.29, 1.82) is 0 Å². The summed E-state index contributed by atoms with van der Waals surface area (Å²) in [4.78, 5) is 13.6. The number of nitro groups is 1. The second kappa shape index (κ2) is 3.14. The van der Waals surface area contributed by atoms with Crippen molar-refractivity contribution in [2.45, 2.75) is 0 Å². The Hall–Kier alpha value is -1.27. The summed E-state index contributed by atoms with van der Waals surface area (Å²) >= 11 is 6.44. The first-order valence-electron chi connectivity index (χ1n) is 3.48. The zero-order valence-electron chi connectivity index (χ0n) is 6.53. The molecule has 4 nitrogen and oxygen atoms in total. The SMILES string of the molecule is O=[N+]([O-])c1ccc(F)c2sc(Cl)nc12. The first-order chi connectivity index (χ1) is 6.59. The Balaban J connectivity index is 2.87. The van der Waals surface area contributed by atoms with E-state index in [1.54, 1.807) is 0 Å². The molecule has 0 unspecified atom stereocenters. The maximum atomic E-state index is 13.1. The Labute approximate surface area is 86.1 Å². The third-order valence-corrected chi connectivity index (χ3v) is 2.81. The molecule has 1 heterocycles. The number of nitro benzene ring substituents is 1. The highest BCUT2D eigenvalue weighted by atomic mass is 35.5. The van der Waals surface area contributed by atoms with Crippen molar-refractivity contribution in [1.82, 2.24) is 4.98 Å². The van der Waals surface area contributed by atoms with Gasteiger partial charge in [0.25, 0.3) is 5.69 Å². The van der Waals surface area contributed by atoms with Crippen molar-refractivity contribution in [3.05, 3.63) is 32.5 Å². The number of rotatable bonds is 1. The maximum absolute atomic E-state index is 13.1. The minimum absolute atomic E-state index is 0.00463. The van der Waals surface area contributed by atoms with Gasteiger partial charge in [-0.1, -0.05) is 22.9 Å². The van der Waals surface area contributed by atoms with E-state index in [0.717, 1.165) is 23.5 Å². The van der Waals surface area contributed by atoms with Gasteiger partial charge in [0.1, 0.15) is 5.82 Å². The highest BCUT2D eigenvalue weighted by Gasteiger charge is 2.18. The lowest BCUT2D eigenvalue weighted by atomic mass is 10.3. The molecule has 0 N–H and O–H groups in total. The zero-order chi connectivity index (χ0) is 10.3. The van der Waals surface area contributed by atoms with Crippen molar-refractivity contribution in [2.75, 3.05) is 0 Å². The molecule has 7 heteroatoms. The zero-order valence-corrected chi connectivity index (χ0v) is 8.10. The van der Waals surface area contributed by atoms with Gasteiger partial charge < -0.3 is 0 Å². The molecule has 0 fully saturated rings. The van der Waals surface area contributed by atoms with E-state index in [0.29, 0.717) is 0 Å². The summed E-state index contributed by atoms with van der Waals surface area (Å²) < 4.78 is 13.3. The molecule has 0 bridgehead atoms. The average molecular weight is 233 g/mol. The highest BCUT2D eigenvalue weighted by Crippen LogP contribution is 2.33. The Morgan fingerprint density at radius 1 is 1.57 bits per heavy atom. The molecule has 72 valence electrons. The molecule has 0 saturated carbocycles. The van der Waals surface area contributed by atoms with Gasteiger partial charge in [0.05, 0.1) is 9.62 Å². The fourth-order valence-electron chi connectivity index (χ4n) is 1.08. The fraction of sp³-hybridized carbons (Fsp3) is 0. The number of benzene rings is 1. The van der Waals surface area contributed by atoms with E-state index in [2.05, 4.69) is 4.98 Å². The van der Waals surface area contributed by atoms with E-state index in [1.165, 1.54) is 0 Å². The molecule has 2 aromatic rings. The van der Waals surface area contributed by atoms with Crippen LogP contribution in [0.15, 0.2) is 12.1 Å². The molecule has 14 heavy (non-hydrogen) atoms. The Morgan fingerprint density at radius 3 is 2.93 bits per heavy atom. The predicted molar refractivity (Wildman–Crippen MR) is 51.2 cm³/mol. The first kappa shape index (κ1) is 9.29. The van der Waals surface area contributed by atoms with Gasteiger partial charge in [-0.05, 0) is 6.07 Å². The van der Waals surface area contributed by atoms with Gasteiger partial charge in [-0.15, -0.1) is 0 Å². The molecular weight excluding hydrogens is 231 g/mol. The van der Waals surface area contributed by atoms with Gasteiger partial charge in [-0.3, -0.25) is 10.1 Å². The number of hydrogen-bond acceptors (Lipinski definition) is 4. The summed E-state index contributed by atoms with van der Waals surface area (Å²) in [6.07, 6.45) is 0. The van der Waals surface area contributed by atoms with Crippen LogP contribution in [0, 0.1) is 15.9 Å². The third-order valence-electron chi connectivity index (χ3n) is 1.64. The van der Waals surface area contributed by atoms with E-state index in [9.17, 15) is 14.5 Å². The quantitative estimate of drug-likeness (QED) is 0.561. The highest BCUT2D eigenvalue weighted by molar-refractivity contribution is 7.22. The molecular formula is C7H2ClFN2O2S. The fourth-order valence-corrected chi connectivity index (χ4v) is 2.12. The van der Waals surface area contributed by atoms with Gasteiger partial charge in [0.2, 0.25) is 0 Å². The van der Waals surface area contributed by atoms with Crippen molar-refractivity contribution in [2.24, 2.45) is 0 Å². The molecule has 0 aliphatic heterocycles. The molecule has 0 amide bonds. The smallest absolute Gasteiger partial charge is 0.258 e. The maximum Gasteiger partial charge on any atom is 0.296 e. The average Bonchev–Trinajstić information content (AvgIpc) is 2.47. The van der Waals surface area contributed by atoms with Crippen LogP contribution in [0.5, 0.6) is 0 Å². The summed E-state index contributed by atoms with van der Waals surface area (Å²) in [6, 6.07) is 2.11. The standard InChI is InChI=1S/C7H2ClFN2O2S/c8-7-10-5-4(11(12)13)2-1-3(9)6(5)14-7/h1-2H. The molecule has 0 atom stereocenters. The largest absolute Gasteiger partial charge is 0.296 e. The summed E-state index contributed by atoms with van der Waals surface area (Å²) in [5.74, 6) is -0.546. The topological polar surface area (TPSA) is 56.0 Å². The number of nitrogens with zero attached hydrogens (tertiary/aromatic N) is 2. The lowest BCUT2D eigenvalue weighted by Crippen LogP contribution is -1.89. The Kier molecular flexibility index (Phi) is 2.09. The van der Waals surface area contributed by atoms with E-state index in [4.69, 9.17) is 11.6 Å². The Morgan fingerprint density at radius 2 is 2.29 bits per heavy atom. The minimum atomic E-state index is -0.613. The van der Waals surface area contributed by atoms with Crippen LogP contribution in [0.2, 0.25) is 4.47 Å². The molecule has 0 saturated heterocycles. The van der Waals surface area contributed by atoms with Crippen LogP contribution in [0.1, 0.15) is 0 Å². The third kappa shape index (κ3) is 1.32. The van der Waals surface area contributed by atoms with E-state index in [1.807, 2.05) is 0 Å². The number of hydrogen-bond donors (Lipinski definition) is 0. The van der Waals surface area contributed by atoms with Gasteiger partial charge >= 0.3 is 0 Å². The molecule has 0 aliphatic carbocycles. The van der Waals surface area contributed by atoms with Gasteiger partial charge in [-0.2, -0.15) is 0 Å². The monoisotopic (exact) mass is 232 g/mol. The van der Waals surface area contributed by atoms with E-state index < -0.39 is 10.7 Å². The van der Waals surface area contributed by atoms with Crippen molar-refractivity contribution in [3.63, 3.8) is 0 Å². The summed E-state index contributed by atoms with van der Waals surface area (Å²) in [7, 11) is 0. The molecule has 1 aromatic carbocycles. The van der Waals surface area contributed by atoms with E-state index in [-0.39, 0.29) is 20.4 Å². The number of non-ortho nitro benzene ring substituents is 1. The predicted octanol–water partition coefficient (Wildman–Crippen LogP) is 3.00. The van der Waals surface area contributed by atoms with E-state index >= 15 is 0 Å². The molecule has 0 aliphatic rings. The summed E-state index contributed by atoms with van der Waals surface area (Å²) in [5.41, 5.74) is -0.227. The first-order valence-corrected chi connectivity index (χ1v) is 4.68. The van der Waals surface area contributed by atoms with Gasteiger partial charge in [-0.25, -0.2) is 9.37 Å². The number of fused-ring (bicyclic) bond motifs is 1. The molecule has 2 rings (SSSR count). The van der Waals surface area contributed by atoms with Crippen LogP contribution < -0.4 is 0 Å². The summed E-state index contributed by atoms with van der Waals surface area (Å²) in [5, 5.41) is 10.5. The molecule has 0 spiro atoms. The lowest BCUT2D eigenvalue weighted by molar-refractivity contribution is -0.383. The minimum Gasteiger partial charge on any atom is -0.258 e. The van der Waals surface area contributed by atoms with Crippen molar-refractivity contribution >= 4 is 38.8 Å². The van der Waals surface area contributed by atoms with Crippen molar-refractivity contribution < 1.29 is 9.31 Å².